The second-order valence-electron chi connectivity index (χ2n) is 8.90. The Kier molecular flexibility index (Phi) is 5.75. The van der Waals surface area contributed by atoms with Gasteiger partial charge in [-0.25, -0.2) is 9.37 Å². The molecule has 2 fully saturated rings. The summed E-state index contributed by atoms with van der Waals surface area (Å²) in [6.45, 7) is 1.94. The third-order valence-corrected chi connectivity index (χ3v) is 6.80. The summed E-state index contributed by atoms with van der Waals surface area (Å²) in [6.07, 6.45) is 10.1. The van der Waals surface area contributed by atoms with Gasteiger partial charge in [-0.15, -0.1) is 0 Å². The molecule has 0 radical (unpaired) electrons. The molecule has 170 valence electrons. The smallest absolute Gasteiger partial charge is 0.250 e. The van der Waals surface area contributed by atoms with E-state index in [4.69, 9.17) is 4.74 Å². The van der Waals surface area contributed by atoms with Crippen molar-refractivity contribution in [3.8, 4) is 11.4 Å². The number of hydrogen-bond acceptors (Lipinski definition) is 3. The van der Waals surface area contributed by atoms with Gasteiger partial charge < -0.3 is 14.2 Å². The maximum Gasteiger partial charge on any atom is 0.250 e. The van der Waals surface area contributed by atoms with Gasteiger partial charge in [-0.3, -0.25) is 4.79 Å². The van der Waals surface area contributed by atoms with Crippen LogP contribution in [0.15, 0.2) is 60.6 Å². The summed E-state index contributed by atoms with van der Waals surface area (Å²) in [6, 6.07) is 12.7. The number of hydrogen-bond donors (Lipinski definition) is 0. The molecule has 1 amide bonds. The monoisotopic (exact) mass is 445 g/mol. The van der Waals surface area contributed by atoms with Crippen LogP contribution in [0.5, 0.6) is 5.75 Å². The lowest BCUT2D eigenvalue weighted by Crippen LogP contribution is -2.49. The van der Waals surface area contributed by atoms with Gasteiger partial charge in [-0.1, -0.05) is 24.3 Å². The van der Waals surface area contributed by atoms with E-state index in [1.807, 2.05) is 59.0 Å². The average Bonchev–Trinajstić information content (AvgIpc) is 3.27. The molecule has 0 saturated carbocycles. The number of carbonyl (C=O) groups excluding carboxylic acids is 1. The number of aryl methyl sites for hydroxylation is 1. The van der Waals surface area contributed by atoms with Crippen LogP contribution in [0.25, 0.3) is 11.8 Å². The Balaban J connectivity index is 1.46. The molecular weight excluding hydrogens is 417 g/mol. The van der Waals surface area contributed by atoms with E-state index in [2.05, 4.69) is 4.98 Å². The number of fused-ring (bicyclic) bond motifs is 1. The molecule has 1 aromatic heterocycles. The number of nitrogens with zero attached hydrogens (tertiary/aromatic N) is 3. The van der Waals surface area contributed by atoms with Gasteiger partial charge >= 0.3 is 0 Å². The first kappa shape index (κ1) is 21.4. The molecule has 0 unspecified atom stereocenters. The van der Waals surface area contributed by atoms with Gasteiger partial charge in [0, 0.05) is 23.4 Å². The number of rotatable bonds is 4. The van der Waals surface area contributed by atoms with Gasteiger partial charge in [-0.2, -0.15) is 0 Å². The highest BCUT2D eigenvalue weighted by atomic mass is 19.1. The number of aromatic nitrogens is 2. The lowest BCUT2D eigenvalue weighted by atomic mass is 9.83. The van der Waals surface area contributed by atoms with Gasteiger partial charge in [-0.05, 0) is 68.9 Å². The minimum absolute atomic E-state index is 0.0208. The van der Waals surface area contributed by atoms with Crippen LogP contribution in [0, 0.1) is 12.7 Å². The SMILES string of the molecule is COc1cc(C=C2CC[C@@H]3CCC[C@@H](c4ccccc4F)N3C2=O)ccc1-n1cnc(C)c1. The van der Waals surface area contributed by atoms with Crippen molar-refractivity contribution in [1.29, 1.82) is 0 Å². The van der Waals surface area contributed by atoms with Crippen LogP contribution in [0.2, 0.25) is 0 Å². The molecule has 2 aromatic carbocycles. The van der Waals surface area contributed by atoms with E-state index in [9.17, 15) is 9.18 Å². The zero-order valence-corrected chi connectivity index (χ0v) is 19.0. The molecule has 0 bridgehead atoms. The van der Waals surface area contributed by atoms with Crippen LogP contribution < -0.4 is 4.74 Å². The second kappa shape index (κ2) is 8.85. The van der Waals surface area contributed by atoms with Crippen molar-refractivity contribution >= 4 is 12.0 Å². The minimum Gasteiger partial charge on any atom is -0.495 e. The molecule has 2 aliphatic rings. The molecule has 0 aliphatic carbocycles. The Morgan fingerprint density at radius 3 is 2.76 bits per heavy atom. The summed E-state index contributed by atoms with van der Waals surface area (Å²) in [5.41, 5.74) is 4.12. The van der Waals surface area contributed by atoms with Crippen LogP contribution in [0.3, 0.4) is 0 Å². The third-order valence-electron chi connectivity index (χ3n) is 6.80. The number of ether oxygens (including phenoxy) is 1. The van der Waals surface area contributed by atoms with Gasteiger partial charge in [0.1, 0.15) is 11.6 Å². The zero-order chi connectivity index (χ0) is 22.9. The topological polar surface area (TPSA) is 47.4 Å². The summed E-state index contributed by atoms with van der Waals surface area (Å²) < 4.78 is 22.1. The summed E-state index contributed by atoms with van der Waals surface area (Å²) in [7, 11) is 1.64. The fourth-order valence-corrected chi connectivity index (χ4v) is 5.20. The van der Waals surface area contributed by atoms with E-state index in [1.54, 1.807) is 19.5 Å². The van der Waals surface area contributed by atoms with Crippen molar-refractivity contribution in [2.45, 2.75) is 51.1 Å². The van der Waals surface area contributed by atoms with E-state index >= 15 is 0 Å². The molecule has 3 heterocycles. The Morgan fingerprint density at radius 2 is 2.00 bits per heavy atom. The second-order valence-corrected chi connectivity index (χ2v) is 8.90. The first-order valence-corrected chi connectivity index (χ1v) is 11.5. The lowest BCUT2D eigenvalue weighted by molar-refractivity contribution is -0.136. The number of imidazole rings is 1. The van der Waals surface area contributed by atoms with Crippen molar-refractivity contribution in [3.63, 3.8) is 0 Å². The normalized spacial score (nSPS) is 21.8. The molecule has 3 aromatic rings. The molecule has 2 atom stereocenters. The van der Waals surface area contributed by atoms with Crippen LogP contribution in [0.1, 0.15) is 55.0 Å². The number of carbonyl (C=O) groups is 1. The molecule has 6 heteroatoms. The van der Waals surface area contributed by atoms with E-state index in [0.29, 0.717) is 11.3 Å². The Morgan fingerprint density at radius 1 is 1.15 bits per heavy atom. The maximum absolute atomic E-state index is 14.6. The van der Waals surface area contributed by atoms with Gasteiger partial charge in [0.2, 0.25) is 0 Å². The molecule has 2 saturated heterocycles. The first-order valence-electron chi connectivity index (χ1n) is 11.5. The fraction of sp³-hybridized carbons (Fsp3) is 0.333. The molecule has 2 aliphatic heterocycles. The molecule has 0 N–H and O–H groups in total. The number of amides is 1. The van der Waals surface area contributed by atoms with Crippen molar-refractivity contribution in [2.75, 3.05) is 7.11 Å². The third kappa shape index (κ3) is 4.06. The predicted octanol–water partition coefficient (Wildman–Crippen LogP) is 5.63. The van der Waals surface area contributed by atoms with E-state index < -0.39 is 0 Å². The highest BCUT2D eigenvalue weighted by Crippen LogP contribution is 2.41. The maximum atomic E-state index is 14.6. The molecule has 5 nitrogen and oxygen atoms in total. The Bertz CT molecular complexity index is 1220. The number of benzene rings is 2. The zero-order valence-electron chi connectivity index (χ0n) is 19.0. The summed E-state index contributed by atoms with van der Waals surface area (Å²) in [4.78, 5) is 19.8. The molecule has 5 rings (SSSR count). The minimum atomic E-state index is -0.234. The number of halogens is 1. The summed E-state index contributed by atoms with van der Waals surface area (Å²) >= 11 is 0. The molecular formula is C27H28FN3O2. The average molecular weight is 446 g/mol. The highest BCUT2D eigenvalue weighted by molar-refractivity contribution is 5.99. The van der Waals surface area contributed by atoms with Crippen LogP contribution in [-0.2, 0) is 4.79 Å². The predicted molar refractivity (Wildman–Crippen MR) is 126 cm³/mol. The molecule has 0 spiro atoms. The summed E-state index contributed by atoms with van der Waals surface area (Å²) in [5, 5.41) is 0. The highest BCUT2D eigenvalue weighted by Gasteiger charge is 2.40. The quantitative estimate of drug-likeness (QED) is 0.489. The van der Waals surface area contributed by atoms with Crippen LogP contribution in [0.4, 0.5) is 4.39 Å². The number of piperidine rings is 2. The van der Waals surface area contributed by atoms with Gasteiger partial charge in [0.25, 0.3) is 5.91 Å². The van der Waals surface area contributed by atoms with Crippen LogP contribution in [-0.4, -0.2) is 33.5 Å². The summed E-state index contributed by atoms with van der Waals surface area (Å²) in [5.74, 6) is 0.500. The largest absolute Gasteiger partial charge is 0.495 e. The van der Waals surface area contributed by atoms with Gasteiger partial charge in [0.05, 0.1) is 30.9 Å². The first-order chi connectivity index (χ1) is 16.0. The van der Waals surface area contributed by atoms with Gasteiger partial charge in [0.15, 0.2) is 0 Å². The van der Waals surface area contributed by atoms with E-state index in [-0.39, 0.29) is 23.8 Å². The standard InChI is InChI=1S/C27H28FN3O2/c1-18-16-30(17-29-18)25-13-10-19(15-26(25)33-2)14-20-11-12-21-6-5-9-24(31(21)27(20)32)22-7-3-4-8-23(22)28/h3-4,7-8,10,13-17,21,24H,5-6,9,11-12H2,1-2H3/t21-,24-/m0/s1. The molecule has 33 heavy (non-hydrogen) atoms. The van der Waals surface area contributed by atoms with E-state index in [1.165, 1.54) is 6.07 Å². The Labute approximate surface area is 193 Å². The van der Waals surface area contributed by atoms with Crippen molar-refractivity contribution in [1.82, 2.24) is 14.5 Å². The van der Waals surface area contributed by atoms with Crippen molar-refractivity contribution in [3.05, 3.63) is 83.2 Å². The van der Waals surface area contributed by atoms with Crippen LogP contribution >= 0.6 is 0 Å². The number of methoxy groups -OCH3 is 1. The Hall–Kier alpha value is -3.41. The van der Waals surface area contributed by atoms with E-state index in [0.717, 1.165) is 54.6 Å². The lowest BCUT2D eigenvalue weighted by Gasteiger charge is -2.46. The van der Waals surface area contributed by atoms with Crippen molar-refractivity contribution < 1.29 is 13.9 Å². The fourth-order valence-electron chi connectivity index (χ4n) is 5.20. The van der Waals surface area contributed by atoms with Crippen molar-refractivity contribution in [2.24, 2.45) is 0 Å².